The van der Waals surface area contributed by atoms with E-state index in [0.29, 0.717) is 19.0 Å². The Kier molecular flexibility index (Phi) is 4.76. The van der Waals surface area contributed by atoms with Crippen LogP contribution in [0.4, 0.5) is 0 Å². The van der Waals surface area contributed by atoms with Crippen molar-refractivity contribution >= 4 is 5.91 Å². The summed E-state index contributed by atoms with van der Waals surface area (Å²) in [6, 6.07) is 10.3. The van der Waals surface area contributed by atoms with Crippen LogP contribution in [0.2, 0.25) is 0 Å². The lowest BCUT2D eigenvalue weighted by molar-refractivity contribution is -0.120. The minimum absolute atomic E-state index is 0.0958. The molecule has 1 amide bonds. The van der Waals surface area contributed by atoms with Gasteiger partial charge < -0.3 is 10.6 Å². The van der Waals surface area contributed by atoms with Gasteiger partial charge in [-0.3, -0.25) is 4.79 Å². The molecule has 1 fully saturated rings. The van der Waals surface area contributed by atoms with E-state index in [9.17, 15) is 4.79 Å². The summed E-state index contributed by atoms with van der Waals surface area (Å²) in [7, 11) is 0. The molecule has 1 aromatic carbocycles. The van der Waals surface area contributed by atoms with E-state index in [1.807, 2.05) is 18.2 Å². The topological polar surface area (TPSA) is 41.1 Å². The molecule has 3 nitrogen and oxygen atoms in total. The smallest absolute Gasteiger partial charge is 0.233 e. The highest BCUT2D eigenvalue weighted by molar-refractivity contribution is 5.78. The molecule has 0 spiro atoms. The predicted octanol–water partition coefficient (Wildman–Crippen LogP) is 1.91. The fraction of sp³-hybridized carbons (Fsp3) is 0.533. The first-order valence-corrected chi connectivity index (χ1v) is 6.78. The third kappa shape index (κ3) is 4.49. The number of hydrogen-bond donors (Lipinski definition) is 2. The summed E-state index contributed by atoms with van der Waals surface area (Å²) in [6.07, 6.45) is 2.64. The van der Waals surface area contributed by atoms with E-state index in [2.05, 4.69) is 29.7 Å². The molecule has 2 N–H and O–H groups in total. The molecule has 1 aliphatic carbocycles. The predicted molar refractivity (Wildman–Crippen MR) is 73.5 cm³/mol. The largest absolute Gasteiger partial charge is 0.354 e. The van der Waals surface area contributed by atoms with Crippen molar-refractivity contribution < 1.29 is 4.79 Å². The highest BCUT2D eigenvalue weighted by Crippen LogP contribution is 2.27. The lowest BCUT2D eigenvalue weighted by atomic mass is 10.0. The van der Waals surface area contributed by atoms with Crippen LogP contribution in [0.5, 0.6) is 0 Å². The fourth-order valence-corrected chi connectivity index (χ4v) is 1.94. The molecule has 0 radical (unpaired) electrons. The summed E-state index contributed by atoms with van der Waals surface area (Å²) in [6.45, 7) is 4.26. The molecule has 0 bridgehead atoms. The zero-order valence-electron chi connectivity index (χ0n) is 11.0. The van der Waals surface area contributed by atoms with Gasteiger partial charge in [0, 0.05) is 6.54 Å². The Balaban J connectivity index is 1.62. The standard InChI is InChI=1S/C15H22N2O/c1-12(14-5-3-2-4-6-14)9-17-15(18)11-16-10-13-7-8-13/h2-6,12-13,16H,7-11H2,1H3,(H,17,18). The first-order valence-electron chi connectivity index (χ1n) is 6.78. The molecular formula is C15H22N2O. The van der Waals surface area contributed by atoms with E-state index < -0.39 is 0 Å². The lowest BCUT2D eigenvalue weighted by Gasteiger charge is -2.13. The van der Waals surface area contributed by atoms with E-state index in [0.717, 1.165) is 12.5 Å². The summed E-state index contributed by atoms with van der Waals surface area (Å²) in [5.74, 6) is 1.28. The summed E-state index contributed by atoms with van der Waals surface area (Å²) in [4.78, 5) is 11.6. The number of nitrogens with one attached hydrogen (secondary N) is 2. The summed E-state index contributed by atoms with van der Waals surface area (Å²) in [5, 5.41) is 6.17. The van der Waals surface area contributed by atoms with Gasteiger partial charge in [-0.1, -0.05) is 37.3 Å². The van der Waals surface area contributed by atoms with Gasteiger partial charge in [-0.25, -0.2) is 0 Å². The summed E-state index contributed by atoms with van der Waals surface area (Å²) >= 11 is 0. The molecule has 2 rings (SSSR count). The van der Waals surface area contributed by atoms with Crippen LogP contribution in [-0.2, 0) is 4.79 Å². The van der Waals surface area contributed by atoms with Crippen molar-refractivity contribution in [1.82, 2.24) is 10.6 Å². The number of hydrogen-bond acceptors (Lipinski definition) is 2. The lowest BCUT2D eigenvalue weighted by Crippen LogP contribution is -2.36. The van der Waals surface area contributed by atoms with Gasteiger partial charge >= 0.3 is 0 Å². The van der Waals surface area contributed by atoms with Crippen LogP contribution in [0.25, 0.3) is 0 Å². The number of rotatable bonds is 7. The van der Waals surface area contributed by atoms with Crippen molar-refractivity contribution in [2.24, 2.45) is 5.92 Å². The van der Waals surface area contributed by atoms with Crippen molar-refractivity contribution in [3.8, 4) is 0 Å². The van der Waals surface area contributed by atoms with Crippen molar-refractivity contribution in [2.75, 3.05) is 19.6 Å². The van der Waals surface area contributed by atoms with E-state index in [4.69, 9.17) is 0 Å². The van der Waals surface area contributed by atoms with Gasteiger partial charge in [0.1, 0.15) is 0 Å². The van der Waals surface area contributed by atoms with E-state index in [-0.39, 0.29) is 5.91 Å². The van der Waals surface area contributed by atoms with Crippen molar-refractivity contribution in [3.05, 3.63) is 35.9 Å². The highest BCUT2D eigenvalue weighted by atomic mass is 16.1. The highest BCUT2D eigenvalue weighted by Gasteiger charge is 2.20. The van der Waals surface area contributed by atoms with Crippen LogP contribution in [0.3, 0.4) is 0 Å². The van der Waals surface area contributed by atoms with Crippen LogP contribution in [0, 0.1) is 5.92 Å². The molecule has 3 heteroatoms. The maximum absolute atomic E-state index is 11.6. The van der Waals surface area contributed by atoms with Gasteiger partial charge in [-0.15, -0.1) is 0 Å². The normalized spacial score (nSPS) is 16.3. The third-order valence-electron chi connectivity index (χ3n) is 3.39. The van der Waals surface area contributed by atoms with Gasteiger partial charge in [0.05, 0.1) is 6.54 Å². The van der Waals surface area contributed by atoms with E-state index in [1.54, 1.807) is 0 Å². The molecule has 1 atom stereocenters. The molecule has 0 aliphatic heterocycles. The summed E-state index contributed by atoms with van der Waals surface area (Å²) in [5.41, 5.74) is 1.27. The number of carbonyl (C=O) groups is 1. The summed E-state index contributed by atoms with van der Waals surface area (Å²) < 4.78 is 0. The third-order valence-corrected chi connectivity index (χ3v) is 3.39. The molecule has 98 valence electrons. The molecule has 1 unspecified atom stereocenters. The molecule has 0 aromatic heterocycles. The van der Waals surface area contributed by atoms with Gasteiger partial charge in [0.2, 0.25) is 5.91 Å². The molecule has 1 aliphatic rings. The SMILES string of the molecule is CC(CNC(=O)CNCC1CC1)c1ccccc1. The number of amides is 1. The van der Waals surface area contributed by atoms with Crippen molar-refractivity contribution in [3.63, 3.8) is 0 Å². The average molecular weight is 246 g/mol. The quantitative estimate of drug-likeness (QED) is 0.771. The monoisotopic (exact) mass is 246 g/mol. The number of benzene rings is 1. The average Bonchev–Trinajstić information content (AvgIpc) is 3.21. The van der Waals surface area contributed by atoms with E-state index >= 15 is 0 Å². The molecule has 18 heavy (non-hydrogen) atoms. The Labute approximate surface area is 109 Å². The van der Waals surface area contributed by atoms with Crippen molar-refractivity contribution in [2.45, 2.75) is 25.7 Å². The van der Waals surface area contributed by atoms with Gasteiger partial charge in [0.15, 0.2) is 0 Å². The maximum atomic E-state index is 11.6. The molecule has 0 heterocycles. The van der Waals surface area contributed by atoms with Crippen LogP contribution in [-0.4, -0.2) is 25.5 Å². The van der Waals surface area contributed by atoms with Gasteiger partial charge in [-0.05, 0) is 36.8 Å². The van der Waals surface area contributed by atoms with Crippen LogP contribution >= 0.6 is 0 Å². The minimum Gasteiger partial charge on any atom is -0.354 e. The van der Waals surface area contributed by atoms with Crippen LogP contribution in [0.15, 0.2) is 30.3 Å². The first-order chi connectivity index (χ1) is 8.75. The van der Waals surface area contributed by atoms with Crippen LogP contribution < -0.4 is 10.6 Å². The molecular weight excluding hydrogens is 224 g/mol. The zero-order valence-corrected chi connectivity index (χ0v) is 11.0. The van der Waals surface area contributed by atoms with E-state index in [1.165, 1.54) is 18.4 Å². The van der Waals surface area contributed by atoms with Gasteiger partial charge in [-0.2, -0.15) is 0 Å². The fourth-order valence-electron chi connectivity index (χ4n) is 1.94. The second-order valence-corrected chi connectivity index (χ2v) is 5.19. The Morgan fingerprint density at radius 1 is 1.33 bits per heavy atom. The molecule has 1 saturated carbocycles. The second-order valence-electron chi connectivity index (χ2n) is 5.19. The number of carbonyl (C=O) groups excluding carboxylic acids is 1. The Bertz CT molecular complexity index is 373. The Morgan fingerprint density at radius 2 is 2.06 bits per heavy atom. The molecule has 0 saturated heterocycles. The minimum atomic E-state index is 0.0958. The first kappa shape index (κ1) is 13.1. The van der Waals surface area contributed by atoms with Crippen LogP contribution in [0.1, 0.15) is 31.2 Å². The maximum Gasteiger partial charge on any atom is 0.233 e. The molecule has 1 aromatic rings. The second kappa shape index (κ2) is 6.55. The van der Waals surface area contributed by atoms with Crippen molar-refractivity contribution in [1.29, 1.82) is 0 Å². The Morgan fingerprint density at radius 3 is 2.72 bits per heavy atom. The van der Waals surface area contributed by atoms with Gasteiger partial charge in [0.25, 0.3) is 0 Å². The zero-order chi connectivity index (χ0) is 12.8. The Hall–Kier alpha value is -1.35.